The SMILES string of the molecule is CN(CC(C)(C)O)C(=O)C1CCC(NC(=O)CC2CCCC2)CC1. The van der Waals surface area contributed by atoms with Crippen molar-refractivity contribution in [2.45, 2.75) is 83.3 Å². The Morgan fingerprint density at radius 1 is 1.08 bits per heavy atom. The summed E-state index contributed by atoms with van der Waals surface area (Å²) in [6, 6.07) is 0.225. The number of aliphatic hydroxyl groups is 1. The Morgan fingerprint density at radius 2 is 1.67 bits per heavy atom. The van der Waals surface area contributed by atoms with Gasteiger partial charge < -0.3 is 15.3 Å². The molecule has 2 amide bonds. The van der Waals surface area contributed by atoms with Crippen LogP contribution in [0.5, 0.6) is 0 Å². The van der Waals surface area contributed by atoms with Crippen molar-refractivity contribution in [1.82, 2.24) is 10.2 Å². The van der Waals surface area contributed by atoms with Gasteiger partial charge in [-0.05, 0) is 58.3 Å². The van der Waals surface area contributed by atoms with Gasteiger partial charge in [0.1, 0.15) is 0 Å². The fraction of sp³-hybridized carbons (Fsp3) is 0.895. The maximum Gasteiger partial charge on any atom is 0.225 e. The highest BCUT2D eigenvalue weighted by molar-refractivity contribution is 5.79. The summed E-state index contributed by atoms with van der Waals surface area (Å²) in [4.78, 5) is 26.2. The molecule has 0 atom stereocenters. The number of nitrogens with one attached hydrogen (secondary N) is 1. The highest BCUT2D eigenvalue weighted by atomic mass is 16.3. The van der Waals surface area contributed by atoms with E-state index >= 15 is 0 Å². The van der Waals surface area contributed by atoms with E-state index in [1.54, 1.807) is 25.8 Å². The van der Waals surface area contributed by atoms with Gasteiger partial charge in [0, 0.05) is 32.0 Å². The van der Waals surface area contributed by atoms with Crippen LogP contribution < -0.4 is 5.32 Å². The third-order valence-corrected chi connectivity index (χ3v) is 5.39. The Kier molecular flexibility index (Phi) is 6.67. The molecule has 0 bridgehead atoms. The Labute approximate surface area is 146 Å². The molecule has 138 valence electrons. The molecule has 0 saturated heterocycles. The lowest BCUT2D eigenvalue weighted by Gasteiger charge is -2.33. The van der Waals surface area contributed by atoms with Gasteiger partial charge in [0.2, 0.25) is 11.8 Å². The zero-order valence-electron chi connectivity index (χ0n) is 15.5. The lowest BCUT2D eigenvalue weighted by atomic mass is 9.85. The average Bonchev–Trinajstić information content (AvgIpc) is 2.98. The molecule has 2 rings (SSSR count). The number of carbonyl (C=O) groups is 2. The first-order chi connectivity index (χ1) is 11.2. The van der Waals surface area contributed by atoms with Crippen LogP contribution in [0.4, 0.5) is 0 Å². The summed E-state index contributed by atoms with van der Waals surface area (Å²) in [5.41, 5.74) is -0.865. The number of hydrogen-bond donors (Lipinski definition) is 2. The first-order valence-corrected chi connectivity index (χ1v) is 9.51. The van der Waals surface area contributed by atoms with Crippen LogP contribution in [-0.4, -0.2) is 47.1 Å². The van der Waals surface area contributed by atoms with Gasteiger partial charge in [0.15, 0.2) is 0 Å². The van der Waals surface area contributed by atoms with Crippen LogP contribution in [0, 0.1) is 11.8 Å². The molecule has 0 heterocycles. The molecular formula is C19H34N2O3. The molecule has 0 spiro atoms. The largest absolute Gasteiger partial charge is 0.389 e. The van der Waals surface area contributed by atoms with E-state index in [4.69, 9.17) is 0 Å². The van der Waals surface area contributed by atoms with Crippen molar-refractivity contribution >= 4 is 11.8 Å². The maximum atomic E-state index is 12.5. The van der Waals surface area contributed by atoms with E-state index in [-0.39, 0.29) is 23.8 Å². The van der Waals surface area contributed by atoms with Gasteiger partial charge in [-0.2, -0.15) is 0 Å². The Bertz CT molecular complexity index is 430. The second-order valence-electron chi connectivity index (χ2n) is 8.48. The molecule has 2 N–H and O–H groups in total. The van der Waals surface area contributed by atoms with E-state index in [9.17, 15) is 14.7 Å². The fourth-order valence-corrected chi connectivity index (χ4v) is 4.22. The van der Waals surface area contributed by atoms with Gasteiger partial charge in [0.25, 0.3) is 0 Å². The van der Waals surface area contributed by atoms with Gasteiger partial charge in [-0.3, -0.25) is 9.59 Å². The topological polar surface area (TPSA) is 69.6 Å². The number of hydrogen-bond acceptors (Lipinski definition) is 3. The zero-order valence-corrected chi connectivity index (χ0v) is 15.5. The summed E-state index contributed by atoms with van der Waals surface area (Å²) in [5.74, 6) is 0.919. The molecule has 2 aliphatic carbocycles. The summed E-state index contributed by atoms with van der Waals surface area (Å²) < 4.78 is 0. The van der Waals surface area contributed by atoms with Crippen LogP contribution in [0.3, 0.4) is 0 Å². The van der Waals surface area contributed by atoms with Crippen molar-refractivity contribution in [1.29, 1.82) is 0 Å². The standard InChI is InChI=1S/C19H34N2O3/c1-19(2,24)13-21(3)18(23)15-8-10-16(11-9-15)20-17(22)12-14-6-4-5-7-14/h14-16,24H,4-13H2,1-3H3,(H,20,22). The van der Waals surface area contributed by atoms with Crippen LogP contribution in [0.25, 0.3) is 0 Å². The number of nitrogens with zero attached hydrogens (tertiary/aromatic N) is 1. The predicted octanol–water partition coefficient (Wildman–Crippen LogP) is 2.47. The summed E-state index contributed by atoms with van der Waals surface area (Å²) in [5, 5.41) is 13.0. The second-order valence-corrected chi connectivity index (χ2v) is 8.48. The van der Waals surface area contributed by atoms with Gasteiger partial charge in [-0.25, -0.2) is 0 Å². The monoisotopic (exact) mass is 338 g/mol. The highest BCUT2D eigenvalue weighted by Gasteiger charge is 2.30. The molecule has 5 heteroatoms. The molecule has 0 radical (unpaired) electrons. The Morgan fingerprint density at radius 3 is 2.21 bits per heavy atom. The van der Waals surface area contributed by atoms with E-state index in [1.807, 2.05) is 0 Å². The van der Waals surface area contributed by atoms with E-state index in [2.05, 4.69) is 5.32 Å². The van der Waals surface area contributed by atoms with Gasteiger partial charge in [-0.1, -0.05) is 12.8 Å². The first kappa shape index (κ1) is 19.2. The quantitative estimate of drug-likeness (QED) is 0.782. The number of amides is 2. The summed E-state index contributed by atoms with van der Waals surface area (Å²) in [6.07, 6.45) is 9.00. The van der Waals surface area contributed by atoms with Crippen molar-refractivity contribution in [2.75, 3.05) is 13.6 Å². The van der Waals surface area contributed by atoms with Gasteiger partial charge >= 0.3 is 0 Å². The Balaban J connectivity index is 1.70. The molecule has 0 aromatic rings. The summed E-state index contributed by atoms with van der Waals surface area (Å²) in [7, 11) is 1.76. The molecule has 24 heavy (non-hydrogen) atoms. The third kappa shape index (κ3) is 6.08. The minimum absolute atomic E-state index is 0.0281. The molecule has 0 aromatic carbocycles. The minimum atomic E-state index is -0.865. The van der Waals surface area contributed by atoms with Gasteiger partial charge in [-0.15, -0.1) is 0 Å². The van der Waals surface area contributed by atoms with E-state index in [1.165, 1.54) is 25.7 Å². The lowest BCUT2D eigenvalue weighted by molar-refractivity contribution is -0.138. The predicted molar refractivity (Wildman–Crippen MR) is 94.4 cm³/mol. The van der Waals surface area contributed by atoms with Crippen LogP contribution in [-0.2, 0) is 9.59 Å². The van der Waals surface area contributed by atoms with Crippen molar-refractivity contribution in [3.05, 3.63) is 0 Å². The van der Waals surface area contributed by atoms with Crippen molar-refractivity contribution < 1.29 is 14.7 Å². The molecule has 0 aliphatic heterocycles. The number of carbonyl (C=O) groups excluding carboxylic acids is 2. The molecular weight excluding hydrogens is 304 g/mol. The van der Waals surface area contributed by atoms with Crippen LogP contribution in [0.2, 0.25) is 0 Å². The van der Waals surface area contributed by atoms with E-state index < -0.39 is 5.60 Å². The highest BCUT2D eigenvalue weighted by Crippen LogP contribution is 2.29. The van der Waals surface area contributed by atoms with Gasteiger partial charge in [0.05, 0.1) is 5.60 Å². The molecule has 2 aliphatic rings. The fourth-order valence-electron chi connectivity index (χ4n) is 4.22. The van der Waals surface area contributed by atoms with Crippen LogP contribution >= 0.6 is 0 Å². The first-order valence-electron chi connectivity index (χ1n) is 9.51. The van der Waals surface area contributed by atoms with Crippen LogP contribution in [0.1, 0.15) is 71.6 Å². The normalized spacial score (nSPS) is 25.5. The summed E-state index contributed by atoms with van der Waals surface area (Å²) >= 11 is 0. The van der Waals surface area contributed by atoms with E-state index in [0.29, 0.717) is 18.9 Å². The molecule has 0 aromatic heterocycles. The Hall–Kier alpha value is -1.10. The van der Waals surface area contributed by atoms with Crippen LogP contribution in [0.15, 0.2) is 0 Å². The maximum absolute atomic E-state index is 12.5. The van der Waals surface area contributed by atoms with Crippen molar-refractivity contribution in [3.8, 4) is 0 Å². The molecule has 5 nitrogen and oxygen atoms in total. The summed E-state index contributed by atoms with van der Waals surface area (Å²) in [6.45, 7) is 3.78. The molecule has 2 fully saturated rings. The molecule has 2 saturated carbocycles. The third-order valence-electron chi connectivity index (χ3n) is 5.39. The average molecular weight is 338 g/mol. The zero-order chi connectivity index (χ0) is 17.7. The lowest BCUT2D eigenvalue weighted by Crippen LogP contribution is -2.45. The minimum Gasteiger partial charge on any atom is -0.389 e. The van der Waals surface area contributed by atoms with E-state index in [0.717, 1.165) is 25.7 Å². The smallest absolute Gasteiger partial charge is 0.225 e. The molecule has 0 unspecified atom stereocenters. The number of rotatable bonds is 6. The second kappa shape index (κ2) is 8.32. The number of likely N-dealkylation sites (N-methyl/N-ethyl adjacent to an activating group) is 1. The van der Waals surface area contributed by atoms with Crippen molar-refractivity contribution in [2.24, 2.45) is 11.8 Å². The van der Waals surface area contributed by atoms with Crippen molar-refractivity contribution in [3.63, 3.8) is 0 Å².